The van der Waals surface area contributed by atoms with E-state index in [9.17, 15) is 0 Å². The Bertz CT molecular complexity index is 361. The van der Waals surface area contributed by atoms with Crippen molar-refractivity contribution < 1.29 is 4.74 Å². The van der Waals surface area contributed by atoms with E-state index < -0.39 is 0 Å². The second-order valence-corrected chi connectivity index (χ2v) is 3.66. The predicted octanol–water partition coefficient (Wildman–Crippen LogP) is 0.421. The molecule has 0 bridgehead atoms. The molecule has 0 saturated carbocycles. The second-order valence-electron chi connectivity index (χ2n) is 3.22. The van der Waals surface area contributed by atoms with Crippen molar-refractivity contribution in [2.45, 2.75) is 6.92 Å². The Morgan fingerprint density at radius 1 is 1.67 bits per heavy atom. The van der Waals surface area contributed by atoms with Crippen molar-refractivity contribution in [1.82, 2.24) is 9.78 Å². The SMILES string of the molecule is COCCNc1c(C(N)=S)c(C)nn1C. The Morgan fingerprint density at radius 2 is 2.33 bits per heavy atom. The van der Waals surface area contributed by atoms with Crippen molar-refractivity contribution >= 4 is 23.0 Å². The predicted molar refractivity (Wildman–Crippen MR) is 64.2 cm³/mol. The van der Waals surface area contributed by atoms with Crippen molar-refractivity contribution in [2.24, 2.45) is 12.8 Å². The molecule has 1 aromatic rings. The normalized spacial score (nSPS) is 10.3. The molecule has 5 nitrogen and oxygen atoms in total. The van der Waals surface area contributed by atoms with E-state index in [0.717, 1.165) is 17.1 Å². The molecular weight excluding hydrogens is 212 g/mol. The highest BCUT2D eigenvalue weighted by atomic mass is 32.1. The van der Waals surface area contributed by atoms with Gasteiger partial charge in [-0.25, -0.2) is 0 Å². The topological polar surface area (TPSA) is 65.1 Å². The summed E-state index contributed by atoms with van der Waals surface area (Å²) in [6, 6.07) is 0. The summed E-state index contributed by atoms with van der Waals surface area (Å²) in [5, 5.41) is 7.45. The molecule has 0 saturated heterocycles. The van der Waals surface area contributed by atoms with E-state index in [2.05, 4.69) is 10.4 Å². The van der Waals surface area contributed by atoms with E-state index in [0.29, 0.717) is 18.1 Å². The highest BCUT2D eigenvalue weighted by Gasteiger charge is 2.14. The van der Waals surface area contributed by atoms with Gasteiger partial charge in [0.1, 0.15) is 10.8 Å². The zero-order valence-electron chi connectivity index (χ0n) is 9.20. The average molecular weight is 228 g/mol. The molecule has 0 aliphatic rings. The summed E-state index contributed by atoms with van der Waals surface area (Å²) in [5.41, 5.74) is 7.29. The van der Waals surface area contributed by atoms with Crippen molar-refractivity contribution in [1.29, 1.82) is 0 Å². The molecule has 0 spiro atoms. The van der Waals surface area contributed by atoms with Gasteiger partial charge in [-0.3, -0.25) is 4.68 Å². The van der Waals surface area contributed by atoms with Crippen LogP contribution in [0, 0.1) is 6.92 Å². The fourth-order valence-electron chi connectivity index (χ4n) is 1.43. The summed E-state index contributed by atoms with van der Waals surface area (Å²) in [7, 11) is 3.51. The van der Waals surface area contributed by atoms with Crippen molar-refractivity contribution in [2.75, 3.05) is 25.6 Å². The molecule has 0 fully saturated rings. The number of nitrogens with zero attached hydrogens (tertiary/aromatic N) is 2. The summed E-state index contributed by atoms with van der Waals surface area (Å²) in [6.07, 6.45) is 0. The third-order valence-electron chi connectivity index (χ3n) is 2.07. The van der Waals surface area contributed by atoms with Gasteiger partial charge in [0.25, 0.3) is 0 Å². The number of nitrogens with two attached hydrogens (primary N) is 1. The molecule has 0 aromatic carbocycles. The molecular formula is C9H16N4OS. The number of nitrogens with one attached hydrogen (secondary N) is 1. The molecule has 15 heavy (non-hydrogen) atoms. The van der Waals surface area contributed by atoms with Gasteiger partial charge in [0, 0.05) is 20.7 Å². The van der Waals surface area contributed by atoms with Crippen molar-refractivity contribution in [3.05, 3.63) is 11.3 Å². The lowest BCUT2D eigenvalue weighted by molar-refractivity contribution is 0.210. The van der Waals surface area contributed by atoms with Gasteiger partial charge in [-0.2, -0.15) is 5.10 Å². The molecule has 6 heteroatoms. The van der Waals surface area contributed by atoms with Crippen LogP contribution in [0.2, 0.25) is 0 Å². The second kappa shape index (κ2) is 5.09. The maximum Gasteiger partial charge on any atom is 0.134 e. The first-order chi connectivity index (χ1) is 7.07. The van der Waals surface area contributed by atoms with E-state index in [4.69, 9.17) is 22.7 Å². The number of hydrogen-bond donors (Lipinski definition) is 2. The minimum absolute atomic E-state index is 0.362. The maximum absolute atomic E-state index is 5.64. The molecule has 1 aromatic heterocycles. The quantitative estimate of drug-likeness (QED) is 0.565. The van der Waals surface area contributed by atoms with Gasteiger partial charge in [0.05, 0.1) is 17.9 Å². The minimum atomic E-state index is 0.362. The van der Waals surface area contributed by atoms with Crippen LogP contribution in [0.25, 0.3) is 0 Å². The number of thiocarbonyl (C=S) groups is 1. The zero-order chi connectivity index (χ0) is 11.4. The molecule has 0 amide bonds. The average Bonchev–Trinajstić information content (AvgIpc) is 2.42. The summed E-state index contributed by atoms with van der Waals surface area (Å²) in [5.74, 6) is 0.844. The molecule has 84 valence electrons. The highest BCUT2D eigenvalue weighted by molar-refractivity contribution is 7.80. The summed E-state index contributed by atoms with van der Waals surface area (Å²) in [4.78, 5) is 0.362. The van der Waals surface area contributed by atoms with Gasteiger partial charge >= 0.3 is 0 Å². The van der Waals surface area contributed by atoms with Crippen LogP contribution in [-0.4, -0.2) is 35.0 Å². The number of aryl methyl sites for hydroxylation is 2. The van der Waals surface area contributed by atoms with E-state index in [-0.39, 0.29) is 0 Å². The third-order valence-corrected chi connectivity index (χ3v) is 2.27. The monoisotopic (exact) mass is 228 g/mol. The van der Waals surface area contributed by atoms with Gasteiger partial charge < -0.3 is 15.8 Å². The summed E-state index contributed by atoms with van der Waals surface area (Å²) in [6.45, 7) is 3.21. The zero-order valence-corrected chi connectivity index (χ0v) is 10.0. The van der Waals surface area contributed by atoms with Crippen molar-refractivity contribution in [3.8, 4) is 0 Å². The first-order valence-corrected chi connectivity index (χ1v) is 5.05. The van der Waals surface area contributed by atoms with Crippen LogP contribution < -0.4 is 11.1 Å². The Kier molecular flexibility index (Phi) is 4.05. The molecule has 0 unspecified atom stereocenters. The fraction of sp³-hybridized carbons (Fsp3) is 0.556. The molecule has 0 radical (unpaired) electrons. The molecule has 1 rings (SSSR count). The van der Waals surface area contributed by atoms with Crippen LogP contribution in [-0.2, 0) is 11.8 Å². The summed E-state index contributed by atoms with van der Waals surface area (Å²) >= 11 is 4.98. The number of rotatable bonds is 5. The molecule has 3 N–H and O–H groups in total. The number of ether oxygens (including phenoxy) is 1. The summed E-state index contributed by atoms with van der Waals surface area (Å²) < 4.78 is 6.69. The Morgan fingerprint density at radius 3 is 2.87 bits per heavy atom. The molecule has 0 atom stereocenters. The van der Waals surface area contributed by atoms with E-state index in [1.54, 1.807) is 11.8 Å². The first-order valence-electron chi connectivity index (χ1n) is 4.64. The first kappa shape index (κ1) is 11.9. The van der Waals surface area contributed by atoms with Gasteiger partial charge in [-0.1, -0.05) is 12.2 Å². The van der Waals surface area contributed by atoms with Crippen LogP contribution in [0.15, 0.2) is 0 Å². The minimum Gasteiger partial charge on any atom is -0.389 e. The standard InChI is InChI=1S/C9H16N4OS/c1-6-7(8(10)15)9(13(2)12-6)11-4-5-14-3/h11H,4-5H2,1-3H3,(H2,10,15). The van der Waals surface area contributed by atoms with Gasteiger partial charge in [-0.05, 0) is 6.92 Å². The number of hydrogen-bond acceptors (Lipinski definition) is 4. The maximum atomic E-state index is 5.64. The van der Waals surface area contributed by atoms with E-state index >= 15 is 0 Å². The lowest BCUT2D eigenvalue weighted by Crippen LogP contribution is -2.16. The van der Waals surface area contributed by atoms with Crippen LogP contribution >= 0.6 is 12.2 Å². The van der Waals surface area contributed by atoms with Gasteiger partial charge in [0.15, 0.2) is 0 Å². The van der Waals surface area contributed by atoms with Crippen LogP contribution in [0.3, 0.4) is 0 Å². The Balaban J connectivity index is 2.89. The fourth-order valence-corrected chi connectivity index (χ4v) is 1.67. The molecule has 0 aliphatic heterocycles. The Hall–Kier alpha value is -1.14. The molecule has 0 aliphatic carbocycles. The number of anilines is 1. The smallest absolute Gasteiger partial charge is 0.134 e. The van der Waals surface area contributed by atoms with Crippen LogP contribution in [0.1, 0.15) is 11.3 Å². The lowest BCUT2D eigenvalue weighted by atomic mass is 10.2. The van der Waals surface area contributed by atoms with E-state index in [1.807, 2.05) is 14.0 Å². The van der Waals surface area contributed by atoms with Gasteiger partial charge in [-0.15, -0.1) is 0 Å². The highest BCUT2D eigenvalue weighted by Crippen LogP contribution is 2.17. The third kappa shape index (κ3) is 2.66. The molecule has 1 heterocycles. The van der Waals surface area contributed by atoms with Crippen LogP contribution in [0.5, 0.6) is 0 Å². The largest absolute Gasteiger partial charge is 0.389 e. The number of methoxy groups -OCH3 is 1. The lowest BCUT2D eigenvalue weighted by Gasteiger charge is -2.08. The van der Waals surface area contributed by atoms with Crippen LogP contribution in [0.4, 0.5) is 5.82 Å². The van der Waals surface area contributed by atoms with Crippen molar-refractivity contribution in [3.63, 3.8) is 0 Å². The Labute approximate surface area is 94.6 Å². The van der Waals surface area contributed by atoms with Gasteiger partial charge in [0.2, 0.25) is 0 Å². The van der Waals surface area contributed by atoms with E-state index in [1.165, 1.54) is 0 Å². The number of aromatic nitrogens is 2.